The van der Waals surface area contributed by atoms with E-state index in [1.54, 1.807) is 0 Å². The number of hydrogen-bond acceptors (Lipinski definition) is 2. The van der Waals surface area contributed by atoms with E-state index in [0.29, 0.717) is 0 Å². The van der Waals surface area contributed by atoms with Crippen LogP contribution >= 0.6 is 0 Å². The molecule has 0 aliphatic carbocycles. The highest BCUT2D eigenvalue weighted by Gasteiger charge is 2.37. The van der Waals surface area contributed by atoms with E-state index in [1.165, 1.54) is 66.6 Å². The van der Waals surface area contributed by atoms with Gasteiger partial charge >= 0.3 is 0 Å². The summed E-state index contributed by atoms with van der Waals surface area (Å²) < 4.78 is 2.38. The van der Waals surface area contributed by atoms with E-state index in [0.717, 1.165) is 22.7 Å². The van der Waals surface area contributed by atoms with Crippen LogP contribution in [-0.4, -0.2) is 4.57 Å². The minimum atomic E-state index is -0.210. The number of anilines is 5. The predicted molar refractivity (Wildman–Crippen MR) is 228 cm³/mol. The largest absolute Gasteiger partial charge is 0.355 e. The summed E-state index contributed by atoms with van der Waals surface area (Å²) in [5.41, 5.74) is 16.4. The normalized spacial score (nSPS) is 13.1. The number of nitrogens with one attached hydrogen (secondary N) is 1. The van der Waals surface area contributed by atoms with Gasteiger partial charge in [-0.1, -0.05) is 129 Å². The molecule has 0 spiro atoms. The third-order valence-electron chi connectivity index (χ3n) is 11.2. The number of nitrogens with zero attached hydrogens (tertiary/aromatic N) is 2. The van der Waals surface area contributed by atoms with Crippen LogP contribution in [0.3, 0.4) is 0 Å². The zero-order chi connectivity index (χ0) is 36.2. The van der Waals surface area contributed by atoms with Crippen molar-refractivity contribution in [3.8, 4) is 27.9 Å². The number of rotatable bonds is 6. The second-order valence-corrected chi connectivity index (χ2v) is 14.7. The van der Waals surface area contributed by atoms with E-state index in [1.807, 2.05) is 6.07 Å². The zero-order valence-electron chi connectivity index (χ0n) is 30.4. The lowest BCUT2D eigenvalue weighted by molar-refractivity contribution is 0.632. The Kier molecular flexibility index (Phi) is 7.48. The fraction of sp³-hybridized carbons (Fsp3) is 0.0588. The summed E-state index contributed by atoms with van der Waals surface area (Å²) in [6.07, 6.45) is 0. The highest BCUT2D eigenvalue weighted by Crippen LogP contribution is 2.53. The lowest BCUT2D eigenvalue weighted by atomic mass is 9.73. The number of aromatic nitrogens is 1. The summed E-state index contributed by atoms with van der Waals surface area (Å²) >= 11 is 0. The third kappa shape index (κ3) is 5.20. The van der Waals surface area contributed by atoms with Crippen LogP contribution in [0.4, 0.5) is 28.4 Å². The Morgan fingerprint density at radius 1 is 0.426 bits per heavy atom. The first-order valence-electron chi connectivity index (χ1n) is 18.7. The van der Waals surface area contributed by atoms with Crippen LogP contribution in [0.5, 0.6) is 0 Å². The summed E-state index contributed by atoms with van der Waals surface area (Å²) in [5.74, 6) is 0. The van der Waals surface area contributed by atoms with Gasteiger partial charge in [0, 0.05) is 44.5 Å². The van der Waals surface area contributed by atoms with Gasteiger partial charge in [0.15, 0.2) is 0 Å². The maximum atomic E-state index is 3.67. The molecule has 0 saturated carbocycles. The van der Waals surface area contributed by atoms with Crippen molar-refractivity contribution >= 4 is 50.2 Å². The van der Waals surface area contributed by atoms with Gasteiger partial charge < -0.3 is 14.8 Å². The van der Waals surface area contributed by atoms with Gasteiger partial charge in [0.1, 0.15) is 0 Å². The van der Waals surface area contributed by atoms with Crippen molar-refractivity contribution in [3.63, 3.8) is 0 Å². The summed E-state index contributed by atoms with van der Waals surface area (Å²) in [4.78, 5) is 2.44. The van der Waals surface area contributed by atoms with Gasteiger partial charge in [0.25, 0.3) is 0 Å². The van der Waals surface area contributed by atoms with Crippen molar-refractivity contribution in [1.82, 2.24) is 4.57 Å². The van der Waals surface area contributed by atoms with Crippen LogP contribution in [0.15, 0.2) is 194 Å². The molecule has 0 fully saturated rings. The molecule has 1 aromatic heterocycles. The second-order valence-electron chi connectivity index (χ2n) is 14.7. The average molecular weight is 694 g/mol. The Balaban J connectivity index is 1.08. The Hall–Kier alpha value is -6.84. The van der Waals surface area contributed by atoms with Crippen LogP contribution in [0.25, 0.3) is 49.7 Å². The summed E-state index contributed by atoms with van der Waals surface area (Å²) in [7, 11) is 0. The van der Waals surface area contributed by atoms with Gasteiger partial charge in [-0.2, -0.15) is 0 Å². The molecule has 8 aromatic carbocycles. The lowest BCUT2D eigenvalue weighted by Gasteiger charge is -2.42. The minimum absolute atomic E-state index is 0.210. The molecule has 258 valence electrons. The number of hydrogen-bond donors (Lipinski definition) is 1. The molecule has 10 rings (SSSR count). The van der Waals surface area contributed by atoms with E-state index in [-0.39, 0.29) is 5.41 Å². The maximum Gasteiger partial charge on any atom is 0.0541 e. The predicted octanol–water partition coefficient (Wildman–Crippen LogP) is 14.0. The molecule has 1 aliphatic heterocycles. The van der Waals surface area contributed by atoms with Crippen LogP contribution in [-0.2, 0) is 5.41 Å². The topological polar surface area (TPSA) is 20.2 Å². The summed E-state index contributed by atoms with van der Waals surface area (Å²) in [5, 5.41) is 6.21. The smallest absolute Gasteiger partial charge is 0.0541 e. The van der Waals surface area contributed by atoms with Crippen molar-refractivity contribution in [2.24, 2.45) is 0 Å². The van der Waals surface area contributed by atoms with Gasteiger partial charge in [-0.3, -0.25) is 0 Å². The van der Waals surface area contributed by atoms with Crippen molar-refractivity contribution in [1.29, 1.82) is 0 Å². The fourth-order valence-corrected chi connectivity index (χ4v) is 8.48. The van der Waals surface area contributed by atoms with Gasteiger partial charge in [0.05, 0.1) is 22.4 Å². The molecule has 0 atom stereocenters. The van der Waals surface area contributed by atoms with Crippen molar-refractivity contribution < 1.29 is 0 Å². The molecule has 1 N–H and O–H groups in total. The summed E-state index contributed by atoms with van der Waals surface area (Å²) in [6.45, 7) is 4.72. The third-order valence-corrected chi connectivity index (χ3v) is 11.2. The van der Waals surface area contributed by atoms with Crippen molar-refractivity contribution in [2.75, 3.05) is 10.2 Å². The quantitative estimate of drug-likeness (QED) is 0.187. The van der Waals surface area contributed by atoms with E-state index in [4.69, 9.17) is 0 Å². The van der Waals surface area contributed by atoms with Gasteiger partial charge in [-0.15, -0.1) is 0 Å². The molecule has 0 amide bonds. The molecule has 9 aromatic rings. The molecule has 3 heteroatoms. The van der Waals surface area contributed by atoms with Gasteiger partial charge in [-0.05, 0) is 107 Å². The molecule has 3 nitrogen and oxygen atoms in total. The Labute approximate surface area is 316 Å². The molecule has 1 aliphatic rings. The van der Waals surface area contributed by atoms with E-state index in [9.17, 15) is 0 Å². The molecule has 54 heavy (non-hydrogen) atoms. The highest BCUT2D eigenvalue weighted by atomic mass is 15.2. The molecular formula is C51H39N3. The second kappa shape index (κ2) is 12.7. The van der Waals surface area contributed by atoms with E-state index < -0.39 is 0 Å². The average Bonchev–Trinajstić information content (AvgIpc) is 3.56. The van der Waals surface area contributed by atoms with Crippen LogP contribution < -0.4 is 10.2 Å². The van der Waals surface area contributed by atoms with Crippen molar-refractivity contribution in [2.45, 2.75) is 19.3 Å². The fourth-order valence-electron chi connectivity index (χ4n) is 8.48. The Bertz CT molecular complexity index is 2760. The SMILES string of the molecule is CC1(C)c2ccccc2N(c2ccc(-n3c4ccccc4c4ccccc43)cc2)c2ccc(-c3ccc(Nc4ccccc4)c(-c4ccccc4)c3)cc21. The molecule has 2 heterocycles. The Morgan fingerprint density at radius 2 is 0.981 bits per heavy atom. The number of para-hydroxylation sites is 4. The first kappa shape index (κ1) is 31.9. The lowest BCUT2D eigenvalue weighted by Crippen LogP contribution is -2.30. The standard InChI is InChI=1S/C51H39N3/c1-51(2)44-21-11-14-24-49(44)54(40-29-27-39(28-30-40)53-47-22-12-9-19-41(47)42-20-10-13-23-48(42)53)50-32-26-37(34-45(50)51)36-25-31-46(52-38-17-7-4-8-18-38)43(33-36)35-15-5-3-6-16-35/h3-34,52H,1-2H3. The zero-order valence-corrected chi connectivity index (χ0v) is 30.4. The first-order valence-corrected chi connectivity index (χ1v) is 18.7. The summed E-state index contributed by atoms with van der Waals surface area (Å²) in [6, 6.07) is 70.2. The van der Waals surface area contributed by atoms with Gasteiger partial charge in [0.2, 0.25) is 0 Å². The minimum Gasteiger partial charge on any atom is -0.355 e. The molecular weight excluding hydrogens is 655 g/mol. The molecule has 0 bridgehead atoms. The monoisotopic (exact) mass is 693 g/mol. The maximum absolute atomic E-state index is 3.67. The van der Waals surface area contributed by atoms with Crippen LogP contribution in [0.1, 0.15) is 25.0 Å². The van der Waals surface area contributed by atoms with E-state index >= 15 is 0 Å². The number of fused-ring (bicyclic) bond motifs is 5. The van der Waals surface area contributed by atoms with Gasteiger partial charge in [-0.25, -0.2) is 0 Å². The van der Waals surface area contributed by atoms with Crippen LogP contribution in [0.2, 0.25) is 0 Å². The molecule has 0 saturated heterocycles. The van der Waals surface area contributed by atoms with E-state index in [2.05, 4.69) is 217 Å². The Morgan fingerprint density at radius 3 is 1.70 bits per heavy atom. The molecule has 0 unspecified atom stereocenters. The highest BCUT2D eigenvalue weighted by molar-refractivity contribution is 6.09. The first-order chi connectivity index (χ1) is 26.5. The van der Waals surface area contributed by atoms with Crippen LogP contribution in [0, 0.1) is 0 Å². The molecule has 0 radical (unpaired) electrons. The number of benzene rings is 8. The van der Waals surface area contributed by atoms with Crippen molar-refractivity contribution in [3.05, 3.63) is 205 Å².